The van der Waals surface area contributed by atoms with Gasteiger partial charge < -0.3 is 15.4 Å². The molecule has 0 saturated carbocycles. The maximum Gasteiger partial charge on any atom is 0.247 e. The lowest BCUT2D eigenvalue weighted by atomic mass is 9.79. The van der Waals surface area contributed by atoms with Crippen molar-refractivity contribution in [3.63, 3.8) is 0 Å². The zero-order chi connectivity index (χ0) is 18.8. The van der Waals surface area contributed by atoms with Crippen LogP contribution in [0.1, 0.15) is 30.4 Å². The maximum atomic E-state index is 13.1. The van der Waals surface area contributed by atoms with E-state index < -0.39 is 0 Å². The van der Waals surface area contributed by atoms with Crippen LogP contribution in [0, 0.1) is 5.82 Å². The number of para-hydroxylation sites is 1. The smallest absolute Gasteiger partial charge is 0.247 e. The fourth-order valence-electron chi connectivity index (χ4n) is 3.94. The molecule has 5 heteroatoms. The minimum Gasteiger partial charge on any atom is -0.489 e. The van der Waals surface area contributed by atoms with Gasteiger partial charge >= 0.3 is 0 Å². The maximum absolute atomic E-state index is 13.1. The first-order valence-corrected chi connectivity index (χ1v) is 9.39. The average Bonchev–Trinajstić information content (AvgIpc) is 3.05. The number of carbonyl (C=O) groups is 1. The van der Waals surface area contributed by atoms with Gasteiger partial charge in [0, 0.05) is 36.7 Å². The molecule has 140 valence electrons. The number of likely N-dealkylation sites (N-methyl/N-ethyl adjacent to an activating group) is 1. The third-order valence-electron chi connectivity index (χ3n) is 5.19. The Kier molecular flexibility index (Phi) is 4.94. The third kappa shape index (κ3) is 3.60. The van der Waals surface area contributed by atoms with Crippen LogP contribution in [0.25, 0.3) is 0 Å². The number of carbonyl (C=O) groups excluding carboxylic acids is 1. The molecular weight excluding hydrogens is 343 g/mol. The Morgan fingerprint density at radius 3 is 2.74 bits per heavy atom. The second-order valence-corrected chi connectivity index (χ2v) is 7.00. The van der Waals surface area contributed by atoms with E-state index in [2.05, 4.69) is 10.6 Å². The molecule has 3 unspecified atom stereocenters. The molecule has 0 fully saturated rings. The van der Waals surface area contributed by atoms with Crippen molar-refractivity contribution >= 4 is 5.91 Å². The predicted octanol–water partition coefficient (Wildman–Crippen LogP) is 3.29. The van der Waals surface area contributed by atoms with Gasteiger partial charge in [0.15, 0.2) is 0 Å². The normalized spacial score (nSPS) is 23.0. The van der Waals surface area contributed by atoms with E-state index in [1.807, 2.05) is 37.3 Å². The largest absolute Gasteiger partial charge is 0.489 e. The molecular formula is C22H23FN2O2. The lowest BCUT2D eigenvalue weighted by Gasteiger charge is -2.31. The Hall–Kier alpha value is -2.66. The summed E-state index contributed by atoms with van der Waals surface area (Å²) in [6.45, 7) is 3.11. The van der Waals surface area contributed by atoms with Crippen molar-refractivity contribution in [2.24, 2.45) is 0 Å². The van der Waals surface area contributed by atoms with E-state index in [0.29, 0.717) is 13.1 Å². The molecule has 0 aromatic heterocycles. The third-order valence-corrected chi connectivity index (χ3v) is 5.19. The van der Waals surface area contributed by atoms with Gasteiger partial charge in [-0.25, -0.2) is 4.39 Å². The highest BCUT2D eigenvalue weighted by Crippen LogP contribution is 2.46. The zero-order valence-electron chi connectivity index (χ0n) is 15.2. The van der Waals surface area contributed by atoms with E-state index in [1.165, 1.54) is 12.1 Å². The molecule has 1 aliphatic heterocycles. The van der Waals surface area contributed by atoms with E-state index in [4.69, 9.17) is 4.74 Å². The fourth-order valence-corrected chi connectivity index (χ4v) is 3.94. The van der Waals surface area contributed by atoms with Crippen molar-refractivity contribution < 1.29 is 13.9 Å². The first-order valence-electron chi connectivity index (χ1n) is 9.39. The van der Waals surface area contributed by atoms with Crippen molar-refractivity contribution in [2.75, 3.05) is 6.54 Å². The van der Waals surface area contributed by atoms with Crippen LogP contribution in [-0.4, -0.2) is 24.6 Å². The number of hydrogen-bond donors (Lipinski definition) is 2. The van der Waals surface area contributed by atoms with Gasteiger partial charge in [0.1, 0.15) is 17.7 Å². The minimum absolute atomic E-state index is 0.0169. The van der Waals surface area contributed by atoms with Crippen molar-refractivity contribution in [2.45, 2.75) is 38.0 Å². The number of amides is 1. The molecule has 2 aliphatic rings. The molecule has 2 aromatic rings. The van der Waals surface area contributed by atoms with E-state index in [-0.39, 0.29) is 29.8 Å². The molecule has 0 saturated heterocycles. The van der Waals surface area contributed by atoms with Crippen molar-refractivity contribution in [1.82, 2.24) is 10.6 Å². The summed E-state index contributed by atoms with van der Waals surface area (Å²) >= 11 is 0. The molecule has 4 rings (SSSR count). The quantitative estimate of drug-likeness (QED) is 0.854. The predicted molar refractivity (Wildman–Crippen MR) is 102 cm³/mol. The summed E-state index contributed by atoms with van der Waals surface area (Å²) in [5.41, 5.74) is 2.84. The second-order valence-electron chi connectivity index (χ2n) is 7.00. The van der Waals surface area contributed by atoms with Crippen LogP contribution >= 0.6 is 0 Å². The number of ether oxygens (including phenoxy) is 1. The summed E-state index contributed by atoms with van der Waals surface area (Å²) in [6, 6.07) is 14.4. The van der Waals surface area contributed by atoms with Crippen LogP contribution in [-0.2, 0) is 11.3 Å². The topological polar surface area (TPSA) is 50.4 Å². The molecule has 1 aliphatic carbocycles. The molecule has 1 heterocycles. The number of rotatable bonds is 5. The molecule has 0 spiro atoms. The molecule has 1 amide bonds. The van der Waals surface area contributed by atoms with Gasteiger partial charge in [0.05, 0.1) is 5.92 Å². The molecule has 27 heavy (non-hydrogen) atoms. The lowest BCUT2D eigenvalue weighted by molar-refractivity contribution is -0.118. The molecule has 2 N–H and O–H groups in total. The molecule has 2 aromatic carbocycles. The number of halogens is 1. The van der Waals surface area contributed by atoms with Gasteiger partial charge in [0.25, 0.3) is 0 Å². The van der Waals surface area contributed by atoms with Crippen LogP contribution in [0.3, 0.4) is 0 Å². The standard InChI is InChI=1S/C22H23FN2O2/c1-2-24-22(26)18-11-16(25-13-14-7-9-15(23)10-8-14)12-20-21(18)17-5-3-4-6-19(17)27-20/h3-11,16,20-21,25H,2,12-13H2,1H3,(H,24,26). The van der Waals surface area contributed by atoms with Crippen LogP contribution in [0.4, 0.5) is 4.39 Å². The van der Waals surface area contributed by atoms with Gasteiger partial charge in [-0.15, -0.1) is 0 Å². The Bertz CT molecular complexity index is 863. The molecule has 3 atom stereocenters. The van der Waals surface area contributed by atoms with Gasteiger partial charge in [0.2, 0.25) is 5.91 Å². The van der Waals surface area contributed by atoms with E-state index in [9.17, 15) is 9.18 Å². The number of nitrogens with one attached hydrogen (secondary N) is 2. The van der Waals surface area contributed by atoms with Crippen LogP contribution in [0.5, 0.6) is 5.75 Å². The average molecular weight is 366 g/mol. The molecule has 0 radical (unpaired) electrons. The monoisotopic (exact) mass is 366 g/mol. The van der Waals surface area contributed by atoms with E-state index >= 15 is 0 Å². The Morgan fingerprint density at radius 1 is 1.19 bits per heavy atom. The second kappa shape index (κ2) is 7.53. The molecule has 4 nitrogen and oxygen atoms in total. The number of fused-ring (bicyclic) bond motifs is 3. The van der Waals surface area contributed by atoms with Crippen molar-refractivity contribution in [3.8, 4) is 5.75 Å². The van der Waals surface area contributed by atoms with E-state index in [0.717, 1.165) is 28.9 Å². The van der Waals surface area contributed by atoms with Crippen molar-refractivity contribution in [1.29, 1.82) is 0 Å². The summed E-state index contributed by atoms with van der Waals surface area (Å²) in [4.78, 5) is 12.7. The Labute approximate surface area is 158 Å². The summed E-state index contributed by atoms with van der Waals surface area (Å²) in [5, 5.41) is 6.39. The summed E-state index contributed by atoms with van der Waals surface area (Å²) < 4.78 is 19.2. The van der Waals surface area contributed by atoms with E-state index in [1.54, 1.807) is 12.1 Å². The lowest BCUT2D eigenvalue weighted by Crippen LogP contribution is -2.41. The molecule has 0 bridgehead atoms. The van der Waals surface area contributed by atoms with Crippen LogP contribution in [0.15, 0.2) is 60.2 Å². The van der Waals surface area contributed by atoms with Crippen molar-refractivity contribution in [3.05, 3.63) is 77.1 Å². The van der Waals surface area contributed by atoms with Crippen LogP contribution in [0.2, 0.25) is 0 Å². The van der Waals surface area contributed by atoms with Gasteiger partial charge in [-0.2, -0.15) is 0 Å². The summed E-state index contributed by atoms with van der Waals surface area (Å²) in [7, 11) is 0. The highest BCUT2D eigenvalue weighted by Gasteiger charge is 2.42. The van der Waals surface area contributed by atoms with Gasteiger partial charge in [-0.05, 0) is 30.7 Å². The highest BCUT2D eigenvalue weighted by molar-refractivity contribution is 5.95. The van der Waals surface area contributed by atoms with Gasteiger partial charge in [-0.3, -0.25) is 4.79 Å². The van der Waals surface area contributed by atoms with Gasteiger partial charge in [-0.1, -0.05) is 36.4 Å². The SMILES string of the molecule is CCNC(=O)C1=CC(NCc2ccc(F)cc2)CC2Oc3ccccc3C12. The fraction of sp³-hybridized carbons (Fsp3) is 0.318. The first kappa shape index (κ1) is 17.7. The minimum atomic E-state index is -0.241. The van der Waals surface area contributed by atoms with Crippen LogP contribution < -0.4 is 15.4 Å². The summed E-state index contributed by atoms with van der Waals surface area (Å²) in [6.07, 6.45) is 2.75. The number of hydrogen-bond acceptors (Lipinski definition) is 3. The number of benzene rings is 2. The summed E-state index contributed by atoms with van der Waals surface area (Å²) in [5.74, 6) is 0.550. The highest BCUT2D eigenvalue weighted by atomic mass is 19.1. The first-order chi connectivity index (χ1) is 13.2. The Morgan fingerprint density at radius 2 is 1.96 bits per heavy atom. The Balaban J connectivity index is 1.56. The zero-order valence-corrected chi connectivity index (χ0v) is 15.2.